The van der Waals surface area contributed by atoms with Gasteiger partial charge in [-0.05, 0) is 31.2 Å². The number of carboxylic acids is 1. The molecule has 5 heteroatoms. The van der Waals surface area contributed by atoms with Crippen LogP contribution in [0.25, 0.3) is 0 Å². The quantitative estimate of drug-likeness (QED) is 0.831. The number of aliphatic hydroxyl groups excluding tert-OH is 1. The maximum Gasteiger partial charge on any atom is 0.347 e. The fourth-order valence-electron chi connectivity index (χ4n) is 1.18. The zero-order valence-corrected chi connectivity index (χ0v) is 9.57. The molecule has 0 spiro atoms. The first-order valence-corrected chi connectivity index (χ1v) is 5.14. The van der Waals surface area contributed by atoms with Crippen LogP contribution in [0.15, 0.2) is 24.3 Å². The first kappa shape index (κ1) is 12.8. The number of hydrogen-bond acceptors (Lipinski definition) is 3. The van der Waals surface area contributed by atoms with Crippen LogP contribution in [-0.2, 0) is 4.79 Å². The topological polar surface area (TPSA) is 66.8 Å². The number of aliphatic hydroxyl groups is 1. The number of carboxylic acid groups (broad SMARTS) is 1. The number of carbonyl (C=O) groups is 1. The Morgan fingerprint density at radius 1 is 1.44 bits per heavy atom. The molecule has 0 heterocycles. The van der Waals surface area contributed by atoms with Crippen molar-refractivity contribution in [1.29, 1.82) is 0 Å². The van der Waals surface area contributed by atoms with Gasteiger partial charge >= 0.3 is 5.97 Å². The van der Waals surface area contributed by atoms with Gasteiger partial charge in [0.05, 0.1) is 0 Å². The third-order valence-corrected chi connectivity index (χ3v) is 2.45. The molecule has 4 nitrogen and oxygen atoms in total. The Labute approximate surface area is 98.4 Å². The molecule has 0 saturated heterocycles. The maximum absolute atomic E-state index is 11.0. The highest BCUT2D eigenvalue weighted by Crippen LogP contribution is 2.23. The lowest BCUT2D eigenvalue weighted by Crippen LogP contribution is -2.42. The van der Waals surface area contributed by atoms with Gasteiger partial charge in [-0.3, -0.25) is 0 Å². The predicted octanol–water partition coefficient (Wildman–Crippen LogP) is 1.94. The van der Waals surface area contributed by atoms with Gasteiger partial charge in [0.25, 0.3) is 0 Å². The minimum atomic E-state index is -1.43. The first-order valence-electron chi connectivity index (χ1n) is 4.77. The van der Waals surface area contributed by atoms with E-state index in [0.29, 0.717) is 10.8 Å². The third kappa shape index (κ3) is 3.12. The van der Waals surface area contributed by atoms with Crippen molar-refractivity contribution in [2.45, 2.75) is 18.9 Å². The Balaban J connectivity index is 2.83. The summed E-state index contributed by atoms with van der Waals surface area (Å²) in [7, 11) is 0. The maximum atomic E-state index is 11.0. The molecule has 0 amide bonds. The van der Waals surface area contributed by atoms with Crippen LogP contribution < -0.4 is 4.74 Å². The number of aliphatic carboxylic acids is 1. The largest absolute Gasteiger partial charge is 0.478 e. The van der Waals surface area contributed by atoms with Gasteiger partial charge in [-0.1, -0.05) is 11.6 Å². The second-order valence-corrected chi connectivity index (χ2v) is 4.00. The molecular formula is C11H13ClO4. The van der Waals surface area contributed by atoms with Gasteiger partial charge in [0.1, 0.15) is 5.75 Å². The lowest BCUT2D eigenvalue weighted by Gasteiger charge is -2.25. The van der Waals surface area contributed by atoms with Crippen molar-refractivity contribution in [2.24, 2.45) is 0 Å². The van der Waals surface area contributed by atoms with Crippen molar-refractivity contribution < 1.29 is 19.7 Å². The third-order valence-electron chi connectivity index (χ3n) is 2.20. The van der Waals surface area contributed by atoms with Gasteiger partial charge in [-0.15, -0.1) is 0 Å². The highest BCUT2D eigenvalue weighted by atomic mass is 35.5. The number of rotatable bonds is 5. The summed E-state index contributed by atoms with van der Waals surface area (Å²) in [4.78, 5) is 11.0. The van der Waals surface area contributed by atoms with E-state index < -0.39 is 11.6 Å². The van der Waals surface area contributed by atoms with Crippen molar-refractivity contribution >= 4 is 17.6 Å². The molecule has 1 aromatic carbocycles. The van der Waals surface area contributed by atoms with E-state index in [9.17, 15) is 4.79 Å². The average molecular weight is 245 g/mol. The Kier molecular flexibility index (Phi) is 4.15. The molecule has 0 aromatic heterocycles. The van der Waals surface area contributed by atoms with Crippen LogP contribution in [0.5, 0.6) is 5.75 Å². The Morgan fingerprint density at radius 2 is 2.00 bits per heavy atom. The number of ether oxygens (including phenoxy) is 1. The Hall–Kier alpha value is -1.26. The summed E-state index contributed by atoms with van der Waals surface area (Å²) in [5.41, 5.74) is -1.43. The summed E-state index contributed by atoms with van der Waals surface area (Å²) in [5.74, 6) is -0.709. The molecule has 16 heavy (non-hydrogen) atoms. The number of benzene rings is 1. The number of hydrogen-bond donors (Lipinski definition) is 2. The highest BCUT2D eigenvalue weighted by Gasteiger charge is 2.35. The van der Waals surface area contributed by atoms with E-state index in [2.05, 4.69) is 0 Å². The second-order valence-electron chi connectivity index (χ2n) is 3.57. The molecule has 0 aliphatic rings. The van der Waals surface area contributed by atoms with Crippen LogP contribution in [0.1, 0.15) is 13.3 Å². The van der Waals surface area contributed by atoms with E-state index in [1.54, 1.807) is 24.3 Å². The summed E-state index contributed by atoms with van der Waals surface area (Å²) < 4.78 is 5.34. The van der Waals surface area contributed by atoms with E-state index >= 15 is 0 Å². The van der Waals surface area contributed by atoms with Crippen LogP contribution in [0.4, 0.5) is 0 Å². The van der Waals surface area contributed by atoms with Crippen LogP contribution in [0.3, 0.4) is 0 Å². The van der Waals surface area contributed by atoms with Crippen LogP contribution in [0.2, 0.25) is 5.02 Å². The van der Waals surface area contributed by atoms with Crippen molar-refractivity contribution in [3.8, 4) is 5.75 Å². The van der Waals surface area contributed by atoms with E-state index in [4.69, 9.17) is 26.6 Å². The fourth-order valence-corrected chi connectivity index (χ4v) is 1.30. The van der Waals surface area contributed by atoms with Crippen molar-refractivity contribution in [1.82, 2.24) is 0 Å². The van der Waals surface area contributed by atoms with Gasteiger partial charge < -0.3 is 14.9 Å². The van der Waals surface area contributed by atoms with Crippen molar-refractivity contribution in [2.75, 3.05) is 6.61 Å². The minimum Gasteiger partial charge on any atom is -0.478 e. The Bertz CT molecular complexity index is 363. The predicted molar refractivity (Wildman–Crippen MR) is 59.8 cm³/mol. The highest BCUT2D eigenvalue weighted by molar-refractivity contribution is 6.30. The zero-order valence-electron chi connectivity index (χ0n) is 8.81. The zero-order chi connectivity index (χ0) is 12.2. The van der Waals surface area contributed by atoms with Gasteiger partial charge in [0.15, 0.2) is 0 Å². The smallest absolute Gasteiger partial charge is 0.347 e. The molecular weight excluding hydrogens is 232 g/mol. The van der Waals surface area contributed by atoms with Crippen LogP contribution in [-0.4, -0.2) is 28.4 Å². The normalized spacial score (nSPS) is 14.2. The lowest BCUT2D eigenvalue weighted by molar-refractivity contribution is -0.155. The van der Waals surface area contributed by atoms with E-state index in [0.717, 1.165) is 0 Å². The van der Waals surface area contributed by atoms with Gasteiger partial charge in [-0.25, -0.2) is 4.79 Å². The summed E-state index contributed by atoms with van der Waals surface area (Å²) in [6.45, 7) is 1.16. The Morgan fingerprint density at radius 3 is 2.44 bits per heavy atom. The monoisotopic (exact) mass is 244 g/mol. The second kappa shape index (κ2) is 5.18. The molecule has 0 saturated carbocycles. The molecule has 0 bridgehead atoms. The first-order chi connectivity index (χ1) is 7.48. The molecule has 2 N–H and O–H groups in total. The van der Waals surface area contributed by atoms with Crippen molar-refractivity contribution in [3.05, 3.63) is 29.3 Å². The summed E-state index contributed by atoms with van der Waals surface area (Å²) >= 11 is 5.69. The van der Waals surface area contributed by atoms with Crippen LogP contribution in [0, 0.1) is 0 Å². The molecule has 0 radical (unpaired) electrons. The molecule has 1 atom stereocenters. The molecule has 1 rings (SSSR count). The van der Waals surface area contributed by atoms with Crippen molar-refractivity contribution in [3.63, 3.8) is 0 Å². The molecule has 0 aliphatic carbocycles. The average Bonchev–Trinajstić information content (AvgIpc) is 2.22. The van der Waals surface area contributed by atoms with E-state index in [-0.39, 0.29) is 13.0 Å². The summed E-state index contributed by atoms with van der Waals surface area (Å²) in [6, 6.07) is 6.39. The standard InChI is InChI=1S/C11H13ClO4/c1-11(6-7-13,10(14)15)16-9-4-2-8(12)3-5-9/h2-5,13H,6-7H2,1H3,(H,14,15). The van der Waals surface area contributed by atoms with Gasteiger partial charge in [0.2, 0.25) is 5.60 Å². The number of halogens is 1. The molecule has 88 valence electrons. The van der Waals surface area contributed by atoms with E-state index in [1.165, 1.54) is 6.92 Å². The molecule has 0 aliphatic heterocycles. The molecule has 0 fully saturated rings. The van der Waals surface area contributed by atoms with Crippen LogP contribution >= 0.6 is 11.6 Å². The van der Waals surface area contributed by atoms with E-state index in [1.807, 2.05) is 0 Å². The minimum absolute atomic E-state index is 0.0188. The SMILES string of the molecule is CC(CCO)(Oc1ccc(Cl)cc1)C(=O)O. The fraction of sp³-hybridized carbons (Fsp3) is 0.364. The van der Waals surface area contributed by atoms with Gasteiger partial charge in [0, 0.05) is 18.1 Å². The molecule has 1 aromatic rings. The summed E-state index contributed by atoms with van der Waals surface area (Å²) in [5, 5.41) is 18.4. The summed E-state index contributed by atoms with van der Waals surface area (Å²) in [6.07, 6.45) is 0.0188. The lowest BCUT2D eigenvalue weighted by atomic mass is 10.0. The van der Waals surface area contributed by atoms with Gasteiger partial charge in [-0.2, -0.15) is 0 Å². The molecule has 1 unspecified atom stereocenters.